The Balaban J connectivity index is 1.92. The van der Waals surface area contributed by atoms with Gasteiger partial charge in [-0.15, -0.1) is 0 Å². The number of fused-ring (bicyclic) bond motifs is 1. The summed E-state index contributed by atoms with van der Waals surface area (Å²) in [6, 6.07) is 7.92. The van der Waals surface area contributed by atoms with Crippen LogP contribution >= 0.6 is 0 Å². The molecule has 3 N–H and O–H groups in total. The fourth-order valence-electron chi connectivity index (χ4n) is 2.35. The summed E-state index contributed by atoms with van der Waals surface area (Å²) in [5.74, 6) is -0.465. The van der Waals surface area contributed by atoms with Gasteiger partial charge >= 0.3 is 0 Å². The van der Waals surface area contributed by atoms with Gasteiger partial charge in [-0.1, -0.05) is 31.2 Å². The van der Waals surface area contributed by atoms with Crippen molar-refractivity contribution in [2.45, 2.75) is 25.8 Å². The van der Waals surface area contributed by atoms with Crippen LogP contribution in [0.3, 0.4) is 0 Å². The number of rotatable bonds is 5. The zero-order valence-corrected chi connectivity index (χ0v) is 11.7. The predicted molar refractivity (Wildman–Crippen MR) is 77.2 cm³/mol. The number of carbonyl (C=O) groups excluding carboxylic acids is 2. The fraction of sp³-hybridized carbons (Fsp3) is 0.467. The average molecular weight is 275 g/mol. The number of nitrogens with one attached hydrogen (secondary N) is 3. The van der Waals surface area contributed by atoms with Crippen LogP contribution in [0.1, 0.15) is 30.4 Å². The maximum Gasteiger partial charge on any atom is 0.239 e. The van der Waals surface area contributed by atoms with Gasteiger partial charge in [-0.05, 0) is 17.5 Å². The molecule has 1 heterocycles. The van der Waals surface area contributed by atoms with E-state index in [1.165, 1.54) is 0 Å². The first-order valence-electron chi connectivity index (χ1n) is 7.05. The SMILES string of the molecule is CCCNC(=O)CNC(=O)C1CNCc2ccccc21. The molecule has 5 heteroatoms. The second-order valence-electron chi connectivity index (χ2n) is 4.95. The Morgan fingerprint density at radius 3 is 2.90 bits per heavy atom. The second kappa shape index (κ2) is 7.05. The molecule has 0 aromatic heterocycles. The Bertz CT molecular complexity index is 488. The number of amides is 2. The zero-order chi connectivity index (χ0) is 14.4. The van der Waals surface area contributed by atoms with Crippen LogP contribution in [0.2, 0.25) is 0 Å². The number of benzene rings is 1. The Morgan fingerprint density at radius 1 is 1.30 bits per heavy atom. The van der Waals surface area contributed by atoms with E-state index in [0.717, 1.165) is 24.1 Å². The lowest BCUT2D eigenvalue weighted by Crippen LogP contribution is -2.43. The summed E-state index contributed by atoms with van der Waals surface area (Å²) in [7, 11) is 0. The Kier molecular flexibility index (Phi) is 5.12. The van der Waals surface area contributed by atoms with E-state index in [9.17, 15) is 9.59 Å². The van der Waals surface area contributed by atoms with Gasteiger partial charge in [-0.2, -0.15) is 0 Å². The average Bonchev–Trinajstić information content (AvgIpc) is 2.50. The van der Waals surface area contributed by atoms with Crippen LogP contribution in [-0.2, 0) is 16.1 Å². The molecule has 1 unspecified atom stereocenters. The topological polar surface area (TPSA) is 70.2 Å². The lowest BCUT2D eigenvalue weighted by Gasteiger charge is -2.25. The molecule has 0 fully saturated rings. The first-order chi connectivity index (χ1) is 9.72. The van der Waals surface area contributed by atoms with Crippen LogP contribution in [0.5, 0.6) is 0 Å². The molecule has 1 atom stereocenters. The van der Waals surface area contributed by atoms with E-state index >= 15 is 0 Å². The molecule has 0 saturated carbocycles. The lowest BCUT2D eigenvalue weighted by molar-refractivity contribution is -0.127. The van der Waals surface area contributed by atoms with E-state index in [0.29, 0.717) is 13.1 Å². The summed E-state index contributed by atoms with van der Waals surface area (Å²) in [5.41, 5.74) is 2.20. The highest BCUT2D eigenvalue weighted by Crippen LogP contribution is 2.23. The van der Waals surface area contributed by atoms with E-state index in [1.54, 1.807) is 0 Å². The van der Waals surface area contributed by atoms with Crippen molar-refractivity contribution in [2.24, 2.45) is 0 Å². The smallest absolute Gasteiger partial charge is 0.239 e. The van der Waals surface area contributed by atoms with E-state index in [2.05, 4.69) is 16.0 Å². The summed E-state index contributed by atoms with van der Waals surface area (Å²) in [6.45, 7) is 4.07. The van der Waals surface area contributed by atoms with Crippen molar-refractivity contribution in [1.82, 2.24) is 16.0 Å². The largest absolute Gasteiger partial charge is 0.355 e. The van der Waals surface area contributed by atoms with Gasteiger partial charge in [0, 0.05) is 19.6 Å². The van der Waals surface area contributed by atoms with Crippen molar-refractivity contribution in [1.29, 1.82) is 0 Å². The van der Waals surface area contributed by atoms with Gasteiger partial charge in [-0.3, -0.25) is 9.59 Å². The van der Waals surface area contributed by atoms with E-state index in [4.69, 9.17) is 0 Å². The molecule has 0 radical (unpaired) electrons. The normalized spacial score (nSPS) is 17.1. The molecule has 5 nitrogen and oxygen atoms in total. The third-order valence-electron chi connectivity index (χ3n) is 3.41. The third kappa shape index (κ3) is 3.57. The van der Waals surface area contributed by atoms with Gasteiger partial charge < -0.3 is 16.0 Å². The van der Waals surface area contributed by atoms with E-state index in [-0.39, 0.29) is 24.3 Å². The molecule has 2 amide bonds. The summed E-state index contributed by atoms with van der Waals surface area (Å²) in [4.78, 5) is 23.7. The Morgan fingerprint density at radius 2 is 2.10 bits per heavy atom. The molecular weight excluding hydrogens is 254 g/mol. The van der Waals surface area contributed by atoms with Crippen LogP contribution in [-0.4, -0.2) is 31.4 Å². The van der Waals surface area contributed by atoms with Gasteiger partial charge in [0.15, 0.2) is 0 Å². The number of carbonyl (C=O) groups is 2. The van der Waals surface area contributed by atoms with E-state index in [1.807, 2.05) is 31.2 Å². The number of hydrogen-bond acceptors (Lipinski definition) is 3. The standard InChI is InChI=1S/C15H21N3O2/c1-2-7-17-14(19)10-18-15(20)13-9-16-8-11-5-3-4-6-12(11)13/h3-6,13,16H,2,7-10H2,1H3,(H,17,19)(H,18,20). The van der Waals surface area contributed by atoms with Gasteiger partial charge in [0.2, 0.25) is 11.8 Å². The highest BCUT2D eigenvalue weighted by atomic mass is 16.2. The molecule has 0 spiro atoms. The highest BCUT2D eigenvalue weighted by Gasteiger charge is 2.25. The molecular formula is C15H21N3O2. The first-order valence-corrected chi connectivity index (χ1v) is 7.05. The summed E-state index contributed by atoms with van der Waals surface area (Å²) in [5, 5.41) is 8.68. The molecule has 2 rings (SSSR count). The van der Waals surface area contributed by atoms with Gasteiger partial charge in [0.1, 0.15) is 0 Å². The fourth-order valence-corrected chi connectivity index (χ4v) is 2.35. The minimum absolute atomic E-state index is 0.0392. The lowest BCUT2D eigenvalue weighted by atomic mass is 9.90. The third-order valence-corrected chi connectivity index (χ3v) is 3.41. The van der Waals surface area contributed by atoms with Gasteiger partial charge in [0.05, 0.1) is 12.5 Å². The van der Waals surface area contributed by atoms with Crippen LogP contribution in [0.25, 0.3) is 0 Å². The van der Waals surface area contributed by atoms with Crippen LogP contribution in [0, 0.1) is 0 Å². The molecule has 0 aliphatic carbocycles. The monoisotopic (exact) mass is 275 g/mol. The first kappa shape index (κ1) is 14.5. The quantitative estimate of drug-likeness (QED) is 0.733. The van der Waals surface area contributed by atoms with Crippen molar-refractivity contribution in [3.63, 3.8) is 0 Å². The van der Waals surface area contributed by atoms with Crippen LogP contribution in [0.4, 0.5) is 0 Å². The molecule has 108 valence electrons. The Labute approximate surface area is 119 Å². The molecule has 20 heavy (non-hydrogen) atoms. The summed E-state index contributed by atoms with van der Waals surface area (Å²) in [6.07, 6.45) is 0.888. The molecule has 1 aromatic rings. The minimum Gasteiger partial charge on any atom is -0.355 e. The Hall–Kier alpha value is -1.88. The van der Waals surface area contributed by atoms with Crippen LogP contribution in [0.15, 0.2) is 24.3 Å². The highest BCUT2D eigenvalue weighted by molar-refractivity contribution is 5.89. The maximum absolute atomic E-state index is 12.2. The number of hydrogen-bond donors (Lipinski definition) is 3. The summed E-state index contributed by atoms with van der Waals surface area (Å²) >= 11 is 0. The molecule has 1 aromatic carbocycles. The summed E-state index contributed by atoms with van der Waals surface area (Å²) < 4.78 is 0. The van der Waals surface area contributed by atoms with Crippen molar-refractivity contribution in [3.05, 3.63) is 35.4 Å². The minimum atomic E-state index is -0.223. The van der Waals surface area contributed by atoms with Crippen molar-refractivity contribution >= 4 is 11.8 Å². The van der Waals surface area contributed by atoms with Crippen molar-refractivity contribution in [3.8, 4) is 0 Å². The predicted octanol–water partition coefficient (Wildman–Crippen LogP) is 0.516. The molecule has 1 aliphatic heterocycles. The van der Waals surface area contributed by atoms with E-state index < -0.39 is 0 Å². The molecule has 1 aliphatic rings. The second-order valence-corrected chi connectivity index (χ2v) is 4.95. The van der Waals surface area contributed by atoms with Gasteiger partial charge in [-0.25, -0.2) is 0 Å². The maximum atomic E-state index is 12.2. The van der Waals surface area contributed by atoms with Gasteiger partial charge in [0.25, 0.3) is 0 Å². The van der Waals surface area contributed by atoms with Crippen molar-refractivity contribution < 1.29 is 9.59 Å². The van der Waals surface area contributed by atoms with Crippen molar-refractivity contribution in [2.75, 3.05) is 19.6 Å². The zero-order valence-electron chi connectivity index (χ0n) is 11.7. The molecule has 0 saturated heterocycles. The molecule has 0 bridgehead atoms. The van der Waals surface area contributed by atoms with Crippen LogP contribution < -0.4 is 16.0 Å².